The second-order valence-electron chi connectivity index (χ2n) is 5.45. The first-order valence-electron chi connectivity index (χ1n) is 7.35. The Balaban J connectivity index is 1.86. The van der Waals surface area contributed by atoms with Crippen molar-refractivity contribution in [1.82, 2.24) is 10.6 Å². The molecule has 0 unspecified atom stereocenters. The van der Waals surface area contributed by atoms with E-state index in [0.717, 1.165) is 11.3 Å². The average Bonchev–Trinajstić information content (AvgIpc) is 3.07. The van der Waals surface area contributed by atoms with Gasteiger partial charge in [-0.05, 0) is 36.1 Å². The van der Waals surface area contributed by atoms with Gasteiger partial charge >= 0.3 is 0 Å². The van der Waals surface area contributed by atoms with Gasteiger partial charge in [-0.3, -0.25) is 9.59 Å². The van der Waals surface area contributed by atoms with Crippen molar-refractivity contribution in [2.45, 2.75) is 19.5 Å². The number of hydrogen-bond acceptors (Lipinski definition) is 4. The van der Waals surface area contributed by atoms with E-state index in [4.69, 9.17) is 0 Å². The minimum absolute atomic E-state index is 0.204. The van der Waals surface area contributed by atoms with Gasteiger partial charge in [-0.2, -0.15) is 0 Å². The van der Waals surface area contributed by atoms with E-state index in [2.05, 4.69) is 10.6 Å². The molecule has 2 aromatic rings. The molecule has 0 aliphatic rings. The van der Waals surface area contributed by atoms with Crippen LogP contribution in [-0.2, 0) is 11.3 Å². The summed E-state index contributed by atoms with van der Waals surface area (Å²) in [5, 5.41) is 7.38. The Kier molecular flexibility index (Phi) is 5.76. The average molecular weight is 331 g/mol. The summed E-state index contributed by atoms with van der Waals surface area (Å²) in [6, 6.07) is 10.9. The number of rotatable bonds is 6. The molecule has 122 valence electrons. The second kappa shape index (κ2) is 7.78. The van der Waals surface area contributed by atoms with Crippen LogP contribution in [0.4, 0.5) is 5.69 Å². The third-order valence-corrected chi connectivity index (χ3v) is 4.25. The van der Waals surface area contributed by atoms with Crippen molar-refractivity contribution in [3.8, 4) is 0 Å². The smallest absolute Gasteiger partial charge is 0.261 e. The fourth-order valence-corrected chi connectivity index (χ4v) is 2.65. The lowest BCUT2D eigenvalue weighted by Gasteiger charge is -2.16. The van der Waals surface area contributed by atoms with Crippen LogP contribution in [0.15, 0.2) is 41.8 Å². The predicted octanol–water partition coefficient (Wildman–Crippen LogP) is 2.25. The second-order valence-corrected chi connectivity index (χ2v) is 6.40. The zero-order chi connectivity index (χ0) is 16.8. The lowest BCUT2D eigenvalue weighted by molar-refractivity contribution is -0.122. The molecule has 0 aliphatic carbocycles. The van der Waals surface area contributed by atoms with Crippen molar-refractivity contribution in [3.63, 3.8) is 0 Å². The summed E-state index contributed by atoms with van der Waals surface area (Å²) in [7, 11) is 3.94. The molecular weight excluding hydrogens is 310 g/mol. The molecule has 2 N–H and O–H groups in total. The number of nitrogens with one attached hydrogen (secondary N) is 2. The van der Waals surface area contributed by atoms with Crippen molar-refractivity contribution in [2.24, 2.45) is 0 Å². The monoisotopic (exact) mass is 331 g/mol. The van der Waals surface area contributed by atoms with Gasteiger partial charge in [0.15, 0.2) is 0 Å². The van der Waals surface area contributed by atoms with Crippen LogP contribution >= 0.6 is 11.3 Å². The predicted molar refractivity (Wildman–Crippen MR) is 93.9 cm³/mol. The van der Waals surface area contributed by atoms with Crippen molar-refractivity contribution in [2.75, 3.05) is 19.0 Å². The maximum Gasteiger partial charge on any atom is 0.261 e. The van der Waals surface area contributed by atoms with Crippen molar-refractivity contribution >= 4 is 28.8 Å². The van der Waals surface area contributed by atoms with Crippen LogP contribution in [0.5, 0.6) is 0 Å². The summed E-state index contributed by atoms with van der Waals surface area (Å²) < 4.78 is 0. The highest BCUT2D eigenvalue weighted by molar-refractivity contribution is 7.12. The third kappa shape index (κ3) is 4.82. The van der Waals surface area contributed by atoms with Crippen LogP contribution in [0.25, 0.3) is 0 Å². The summed E-state index contributed by atoms with van der Waals surface area (Å²) in [5.74, 6) is -0.428. The lowest BCUT2D eigenvalue weighted by atomic mass is 10.2. The largest absolute Gasteiger partial charge is 0.378 e. The van der Waals surface area contributed by atoms with E-state index in [0.29, 0.717) is 11.4 Å². The van der Waals surface area contributed by atoms with Crippen LogP contribution in [0.3, 0.4) is 0 Å². The number of carbonyl (C=O) groups excluding carboxylic acids is 2. The number of thiophene rings is 1. The summed E-state index contributed by atoms with van der Waals surface area (Å²) in [4.78, 5) is 26.6. The molecule has 1 atom stereocenters. The zero-order valence-corrected chi connectivity index (χ0v) is 14.3. The molecule has 2 rings (SSSR count). The van der Waals surface area contributed by atoms with E-state index in [1.54, 1.807) is 13.0 Å². The van der Waals surface area contributed by atoms with E-state index in [1.165, 1.54) is 11.3 Å². The van der Waals surface area contributed by atoms with Crippen LogP contribution < -0.4 is 15.5 Å². The number of amides is 2. The van der Waals surface area contributed by atoms with E-state index in [-0.39, 0.29) is 11.8 Å². The number of nitrogens with zero attached hydrogens (tertiary/aromatic N) is 1. The first kappa shape index (κ1) is 17.0. The number of carbonyl (C=O) groups is 2. The van der Waals surface area contributed by atoms with Crippen LogP contribution in [-0.4, -0.2) is 32.0 Å². The molecule has 0 spiro atoms. The highest BCUT2D eigenvalue weighted by Crippen LogP contribution is 2.13. The van der Waals surface area contributed by atoms with Gasteiger partial charge in [0.1, 0.15) is 6.04 Å². The maximum atomic E-state index is 12.1. The van der Waals surface area contributed by atoms with Crippen LogP contribution in [0.1, 0.15) is 22.2 Å². The van der Waals surface area contributed by atoms with E-state index in [1.807, 2.05) is 54.7 Å². The van der Waals surface area contributed by atoms with Crippen molar-refractivity contribution in [1.29, 1.82) is 0 Å². The topological polar surface area (TPSA) is 61.4 Å². The van der Waals surface area contributed by atoms with E-state index >= 15 is 0 Å². The lowest BCUT2D eigenvalue weighted by Crippen LogP contribution is -2.44. The van der Waals surface area contributed by atoms with Crippen molar-refractivity contribution in [3.05, 3.63) is 52.2 Å². The molecule has 1 heterocycles. The third-order valence-electron chi connectivity index (χ3n) is 3.38. The van der Waals surface area contributed by atoms with Gasteiger partial charge in [0.25, 0.3) is 5.91 Å². The number of hydrogen-bond donors (Lipinski definition) is 2. The van der Waals surface area contributed by atoms with Gasteiger partial charge in [-0.15, -0.1) is 11.3 Å². The first-order chi connectivity index (χ1) is 11.0. The molecule has 0 bridgehead atoms. The molecule has 0 aliphatic heterocycles. The Morgan fingerprint density at radius 1 is 1.22 bits per heavy atom. The van der Waals surface area contributed by atoms with Gasteiger partial charge in [0, 0.05) is 26.3 Å². The molecule has 6 heteroatoms. The van der Waals surface area contributed by atoms with E-state index in [9.17, 15) is 9.59 Å². The summed E-state index contributed by atoms with van der Waals surface area (Å²) in [5.41, 5.74) is 2.09. The quantitative estimate of drug-likeness (QED) is 0.853. The zero-order valence-electron chi connectivity index (χ0n) is 13.5. The van der Waals surface area contributed by atoms with Gasteiger partial charge in [-0.25, -0.2) is 0 Å². The molecule has 1 aromatic carbocycles. The Morgan fingerprint density at radius 2 is 2.00 bits per heavy atom. The molecule has 1 aromatic heterocycles. The minimum atomic E-state index is -0.582. The maximum absolute atomic E-state index is 12.1. The molecule has 2 amide bonds. The highest BCUT2D eigenvalue weighted by atomic mass is 32.1. The van der Waals surface area contributed by atoms with Crippen molar-refractivity contribution < 1.29 is 9.59 Å². The fraction of sp³-hybridized carbons (Fsp3) is 0.294. The highest BCUT2D eigenvalue weighted by Gasteiger charge is 2.16. The molecule has 23 heavy (non-hydrogen) atoms. The van der Waals surface area contributed by atoms with E-state index < -0.39 is 6.04 Å². The number of benzene rings is 1. The summed E-state index contributed by atoms with van der Waals surface area (Å²) in [6.45, 7) is 2.11. The Morgan fingerprint density at radius 3 is 2.65 bits per heavy atom. The molecule has 0 saturated carbocycles. The molecule has 0 fully saturated rings. The Bertz CT molecular complexity index is 668. The molecule has 5 nitrogen and oxygen atoms in total. The van der Waals surface area contributed by atoms with Gasteiger partial charge in [-0.1, -0.05) is 18.2 Å². The fourth-order valence-electron chi connectivity index (χ4n) is 2.03. The minimum Gasteiger partial charge on any atom is -0.378 e. The van der Waals surface area contributed by atoms with Crippen LogP contribution in [0.2, 0.25) is 0 Å². The summed E-state index contributed by atoms with van der Waals surface area (Å²) in [6.07, 6.45) is 0. The Labute approximate surface area is 140 Å². The first-order valence-corrected chi connectivity index (χ1v) is 8.23. The normalized spacial score (nSPS) is 11.6. The molecule has 0 radical (unpaired) electrons. The Hall–Kier alpha value is -2.34. The molecular formula is C17H21N3O2S. The SMILES string of the molecule is C[C@@H](NC(=O)c1cccs1)C(=O)NCc1cccc(N(C)C)c1. The van der Waals surface area contributed by atoms with Crippen LogP contribution in [0, 0.1) is 0 Å². The van der Waals surface area contributed by atoms with Gasteiger partial charge in [0.05, 0.1) is 4.88 Å². The van der Waals surface area contributed by atoms with Gasteiger partial charge in [0.2, 0.25) is 5.91 Å². The standard InChI is InChI=1S/C17H21N3O2S/c1-12(19-17(22)15-8-5-9-23-15)16(21)18-11-13-6-4-7-14(10-13)20(2)3/h4-10,12H,11H2,1-3H3,(H,18,21)(H,19,22)/t12-/m1/s1. The number of anilines is 1. The summed E-state index contributed by atoms with van der Waals surface area (Å²) >= 11 is 1.35. The molecule has 0 saturated heterocycles. The van der Waals surface area contributed by atoms with Gasteiger partial charge < -0.3 is 15.5 Å².